The summed E-state index contributed by atoms with van der Waals surface area (Å²) in [6.07, 6.45) is 6.51. The van der Waals surface area contributed by atoms with Crippen LogP contribution in [0.4, 0.5) is 0 Å². The number of hydrogen-bond donors (Lipinski definition) is 1. The minimum atomic E-state index is -3.36. The summed E-state index contributed by atoms with van der Waals surface area (Å²) in [5, 5.41) is 9.48. The zero-order valence-electron chi connectivity index (χ0n) is 16.4. The second-order valence-electron chi connectivity index (χ2n) is 7.24. The van der Waals surface area contributed by atoms with Gasteiger partial charge in [-0.25, -0.2) is 18.4 Å². The molecule has 31 heavy (non-hydrogen) atoms. The molecule has 1 N–H and O–H groups in total. The zero-order chi connectivity index (χ0) is 21.3. The molecule has 3 aromatic heterocycles. The van der Waals surface area contributed by atoms with E-state index in [2.05, 4.69) is 25.4 Å². The summed E-state index contributed by atoms with van der Waals surface area (Å²) in [7, 11) is -3.36. The Kier molecular flexibility index (Phi) is 5.34. The van der Waals surface area contributed by atoms with Gasteiger partial charge in [-0.1, -0.05) is 17.3 Å². The smallest absolute Gasteiger partial charge is 0.187 e. The molecular weight excluding hydrogens is 434 g/mol. The van der Waals surface area contributed by atoms with Crippen LogP contribution in [0.3, 0.4) is 0 Å². The Morgan fingerprint density at radius 3 is 2.68 bits per heavy atom. The highest BCUT2D eigenvalue weighted by Gasteiger charge is 2.28. The molecular formula is C21H19N5O3S2. The SMILES string of the molecule is O=S(=O)(c1ccc(-c2cncc(-c3cc(-c4nccs4)no3)n2)cc1)C1CCCNC1. The van der Waals surface area contributed by atoms with Crippen molar-refractivity contribution in [3.8, 4) is 33.4 Å². The Labute approximate surface area is 183 Å². The minimum absolute atomic E-state index is 0.331. The van der Waals surface area contributed by atoms with E-state index in [1.54, 1.807) is 48.9 Å². The Morgan fingerprint density at radius 2 is 1.94 bits per heavy atom. The summed E-state index contributed by atoms with van der Waals surface area (Å²) in [5.41, 5.74) is 2.57. The van der Waals surface area contributed by atoms with Crippen molar-refractivity contribution < 1.29 is 12.9 Å². The van der Waals surface area contributed by atoms with Crippen molar-refractivity contribution >= 4 is 21.2 Å². The summed E-state index contributed by atoms with van der Waals surface area (Å²) in [5.74, 6) is 0.489. The maximum Gasteiger partial charge on any atom is 0.187 e. The van der Waals surface area contributed by atoms with E-state index < -0.39 is 9.84 Å². The molecule has 1 aliphatic rings. The largest absolute Gasteiger partial charge is 0.354 e. The standard InChI is InChI=1S/C21H19N5O3S2/c27-31(28,16-2-1-7-22-11-16)15-5-3-14(4-6-15)18-12-23-13-19(25-18)20-10-17(26-29-20)21-24-8-9-30-21/h3-6,8-10,12-13,16,22H,1-2,7,11H2. The van der Waals surface area contributed by atoms with Crippen molar-refractivity contribution in [3.63, 3.8) is 0 Å². The Bertz CT molecular complexity index is 1280. The molecule has 1 fully saturated rings. The highest BCUT2D eigenvalue weighted by molar-refractivity contribution is 7.92. The molecule has 158 valence electrons. The van der Waals surface area contributed by atoms with Gasteiger partial charge in [0, 0.05) is 29.8 Å². The van der Waals surface area contributed by atoms with Crippen molar-refractivity contribution in [2.24, 2.45) is 0 Å². The Hall–Kier alpha value is -2.95. The fraction of sp³-hybridized carbons (Fsp3) is 0.238. The molecule has 0 amide bonds. The lowest BCUT2D eigenvalue weighted by Gasteiger charge is -2.22. The molecule has 0 aliphatic carbocycles. The molecule has 8 nitrogen and oxygen atoms in total. The molecule has 1 unspecified atom stereocenters. The monoisotopic (exact) mass is 453 g/mol. The molecule has 0 saturated carbocycles. The zero-order valence-corrected chi connectivity index (χ0v) is 18.1. The van der Waals surface area contributed by atoms with E-state index >= 15 is 0 Å². The second-order valence-corrected chi connectivity index (χ2v) is 10.4. The third-order valence-electron chi connectivity index (χ3n) is 5.22. The molecule has 0 spiro atoms. The third kappa shape index (κ3) is 4.01. The topological polar surface area (TPSA) is 111 Å². The molecule has 1 aromatic carbocycles. The van der Waals surface area contributed by atoms with E-state index in [0.717, 1.165) is 23.5 Å². The normalized spacial score (nSPS) is 17.0. The Balaban J connectivity index is 1.40. The molecule has 10 heteroatoms. The van der Waals surface area contributed by atoms with E-state index in [1.807, 2.05) is 5.38 Å². The maximum absolute atomic E-state index is 12.9. The molecule has 0 bridgehead atoms. The van der Waals surface area contributed by atoms with Crippen molar-refractivity contribution in [1.82, 2.24) is 25.4 Å². The van der Waals surface area contributed by atoms with Crippen molar-refractivity contribution in [3.05, 3.63) is 54.3 Å². The van der Waals surface area contributed by atoms with Crippen LogP contribution < -0.4 is 5.32 Å². The summed E-state index contributed by atoms with van der Waals surface area (Å²) < 4.78 is 31.2. The fourth-order valence-electron chi connectivity index (χ4n) is 3.56. The number of sulfone groups is 1. The van der Waals surface area contributed by atoms with E-state index in [9.17, 15) is 8.42 Å². The first-order valence-corrected chi connectivity index (χ1v) is 12.3. The van der Waals surface area contributed by atoms with Crippen LogP contribution in [-0.4, -0.2) is 46.9 Å². The lowest BCUT2D eigenvalue weighted by atomic mass is 10.1. The fourth-order valence-corrected chi connectivity index (χ4v) is 5.87. The highest BCUT2D eigenvalue weighted by Crippen LogP contribution is 2.28. The number of hydrogen-bond acceptors (Lipinski definition) is 9. The van der Waals surface area contributed by atoms with Crippen LogP contribution >= 0.6 is 11.3 Å². The van der Waals surface area contributed by atoms with Crippen LogP contribution in [0.15, 0.2) is 63.7 Å². The Morgan fingerprint density at radius 1 is 1.10 bits per heavy atom. The van der Waals surface area contributed by atoms with Gasteiger partial charge in [-0.05, 0) is 31.5 Å². The third-order valence-corrected chi connectivity index (χ3v) is 8.22. The molecule has 0 radical (unpaired) electrons. The number of piperidine rings is 1. The lowest BCUT2D eigenvalue weighted by Crippen LogP contribution is -2.38. The summed E-state index contributed by atoms with van der Waals surface area (Å²) >= 11 is 1.48. The van der Waals surface area contributed by atoms with Crippen LogP contribution in [0.1, 0.15) is 12.8 Å². The van der Waals surface area contributed by atoms with Crippen LogP contribution in [0.5, 0.6) is 0 Å². The first-order valence-electron chi connectivity index (χ1n) is 9.85. The van der Waals surface area contributed by atoms with Gasteiger partial charge in [0.2, 0.25) is 0 Å². The molecule has 4 heterocycles. The van der Waals surface area contributed by atoms with Crippen molar-refractivity contribution in [1.29, 1.82) is 0 Å². The van der Waals surface area contributed by atoms with E-state index in [4.69, 9.17) is 4.52 Å². The summed E-state index contributed by atoms with van der Waals surface area (Å²) in [6.45, 7) is 1.37. The quantitative estimate of drug-likeness (QED) is 0.489. The van der Waals surface area contributed by atoms with Crippen LogP contribution in [0.2, 0.25) is 0 Å². The molecule has 1 atom stereocenters. The van der Waals surface area contributed by atoms with Gasteiger partial charge in [0.05, 0.1) is 28.2 Å². The van der Waals surface area contributed by atoms with E-state index in [1.165, 1.54) is 11.3 Å². The lowest BCUT2D eigenvalue weighted by molar-refractivity contribution is 0.433. The van der Waals surface area contributed by atoms with Crippen molar-refractivity contribution in [2.75, 3.05) is 13.1 Å². The van der Waals surface area contributed by atoms with Gasteiger partial charge in [0.15, 0.2) is 15.6 Å². The maximum atomic E-state index is 12.9. The first kappa shape index (κ1) is 20.0. The van der Waals surface area contributed by atoms with E-state index in [-0.39, 0.29) is 5.25 Å². The van der Waals surface area contributed by atoms with Crippen LogP contribution in [0, 0.1) is 0 Å². The second kappa shape index (κ2) is 8.29. The van der Waals surface area contributed by atoms with Crippen LogP contribution in [-0.2, 0) is 9.84 Å². The van der Waals surface area contributed by atoms with Gasteiger partial charge in [-0.15, -0.1) is 11.3 Å². The van der Waals surface area contributed by atoms with Gasteiger partial charge in [-0.2, -0.15) is 0 Å². The average molecular weight is 454 g/mol. The van der Waals surface area contributed by atoms with Gasteiger partial charge >= 0.3 is 0 Å². The van der Waals surface area contributed by atoms with Gasteiger partial charge in [0.1, 0.15) is 16.4 Å². The summed E-state index contributed by atoms with van der Waals surface area (Å²) in [4.78, 5) is 13.4. The highest BCUT2D eigenvalue weighted by atomic mass is 32.2. The van der Waals surface area contributed by atoms with Gasteiger partial charge < -0.3 is 9.84 Å². The number of rotatable bonds is 5. The van der Waals surface area contributed by atoms with Gasteiger partial charge in [0.25, 0.3) is 0 Å². The molecule has 4 aromatic rings. The number of aromatic nitrogens is 4. The predicted molar refractivity (Wildman–Crippen MR) is 117 cm³/mol. The van der Waals surface area contributed by atoms with Gasteiger partial charge in [-0.3, -0.25) is 4.98 Å². The number of nitrogens with zero attached hydrogens (tertiary/aromatic N) is 4. The minimum Gasteiger partial charge on any atom is -0.354 e. The first-order chi connectivity index (χ1) is 15.1. The van der Waals surface area contributed by atoms with E-state index in [0.29, 0.717) is 40.7 Å². The predicted octanol–water partition coefficient (Wildman–Crippen LogP) is 3.45. The number of thiazole rings is 1. The number of nitrogens with one attached hydrogen (secondary N) is 1. The molecule has 5 rings (SSSR count). The molecule has 1 aliphatic heterocycles. The number of benzene rings is 1. The van der Waals surface area contributed by atoms with Crippen LogP contribution in [0.25, 0.3) is 33.4 Å². The summed E-state index contributed by atoms with van der Waals surface area (Å²) in [6, 6.07) is 8.59. The van der Waals surface area contributed by atoms with Crippen molar-refractivity contribution in [2.45, 2.75) is 23.0 Å². The average Bonchev–Trinajstić information content (AvgIpc) is 3.52. The molecule has 1 saturated heterocycles.